The molecule has 0 saturated heterocycles. The second-order valence-corrected chi connectivity index (χ2v) is 8.25. The summed E-state index contributed by atoms with van der Waals surface area (Å²) in [4.78, 5) is 12.9. The minimum absolute atomic E-state index is 0.196. The van der Waals surface area contributed by atoms with E-state index in [-0.39, 0.29) is 24.7 Å². The topological polar surface area (TPSA) is 67.2 Å². The molecule has 7 heteroatoms. The van der Waals surface area contributed by atoms with E-state index in [9.17, 15) is 18.7 Å². The predicted octanol–water partition coefficient (Wildman–Crippen LogP) is 4.05. The average Bonchev–Trinajstić information content (AvgIpc) is 2.88. The van der Waals surface area contributed by atoms with Crippen LogP contribution in [0.4, 0.5) is 14.6 Å². The lowest BCUT2D eigenvalue weighted by molar-refractivity contribution is -0.133. The SMILES string of the molecule is Cn1nc(C2CC(F)(F)C2)c(C2CCC2)c1NC(=O)[C@@](C)(O)c1ccccc1. The molecule has 1 aromatic carbocycles. The number of hydrogen-bond acceptors (Lipinski definition) is 3. The molecule has 0 bridgehead atoms. The lowest BCUT2D eigenvalue weighted by Crippen LogP contribution is -2.38. The number of aryl methyl sites for hydroxylation is 1. The molecule has 2 aliphatic rings. The Bertz CT molecular complexity index is 881. The molecule has 1 heterocycles. The van der Waals surface area contributed by atoms with Crippen molar-refractivity contribution >= 4 is 11.7 Å². The zero-order valence-corrected chi connectivity index (χ0v) is 16.1. The van der Waals surface area contributed by atoms with Gasteiger partial charge in [0.25, 0.3) is 5.91 Å². The van der Waals surface area contributed by atoms with E-state index in [1.54, 1.807) is 36.0 Å². The number of carbonyl (C=O) groups excluding carboxylic acids is 1. The highest BCUT2D eigenvalue weighted by Crippen LogP contribution is 2.52. The van der Waals surface area contributed by atoms with Crippen LogP contribution in [-0.2, 0) is 17.4 Å². The highest BCUT2D eigenvalue weighted by molar-refractivity contribution is 5.97. The summed E-state index contributed by atoms with van der Waals surface area (Å²) in [6.45, 7) is 1.45. The Hall–Kier alpha value is -2.28. The molecule has 1 atom stereocenters. The standard InChI is InChI=1S/C21H25F2N3O2/c1-20(28,15-9-4-3-5-10-15)19(27)24-18-16(13-7-6-8-13)17(25-26(18)2)14-11-21(22,23)12-14/h3-5,9-10,13-14,28H,6-8,11-12H2,1-2H3,(H,24,27)/t20-/m0/s1. The van der Waals surface area contributed by atoms with Gasteiger partial charge in [-0.25, -0.2) is 8.78 Å². The first kappa shape index (κ1) is 19.1. The fourth-order valence-corrected chi connectivity index (χ4v) is 4.09. The van der Waals surface area contributed by atoms with Crippen molar-refractivity contribution in [1.29, 1.82) is 0 Å². The first-order valence-electron chi connectivity index (χ1n) is 9.73. The van der Waals surface area contributed by atoms with Gasteiger partial charge in [-0.1, -0.05) is 36.8 Å². The van der Waals surface area contributed by atoms with Crippen molar-refractivity contribution in [2.24, 2.45) is 7.05 Å². The van der Waals surface area contributed by atoms with Crippen LogP contribution in [-0.4, -0.2) is 26.7 Å². The lowest BCUT2D eigenvalue weighted by atomic mass is 9.73. The molecule has 2 fully saturated rings. The maximum Gasteiger partial charge on any atom is 0.261 e. The quantitative estimate of drug-likeness (QED) is 0.811. The van der Waals surface area contributed by atoms with Gasteiger partial charge in [0.15, 0.2) is 5.60 Å². The summed E-state index contributed by atoms with van der Waals surface area (Å²) in [7, 11) is 1.70. The molecule has 28 heavy (non-hydrogen) atoms. The van der Waals surface area contributed by atoms with Crippen LogP contribution < -0.4 is 5.32 Å². The molecule has 1 aromatic heterocycles. The number of rotatable bonds is 5. The Kier molecular flexibility index (Phi) is 4.53. The predicted molar refractivity (Wildman–Crippen MR) is 101 cm³/mol. The van der Waals surface area contributed by atoms with Gasteiger partial charge in [0.2, 0.25) is 5.92 Å². The third-order valence-corrected chi connectivity index (χ3v) is 6.11. The molecular weight excluding hydrogens is 364 g/mol. The first-order chi connectivity index (χ1) is 13.2. The molecule has 0 unspecified atom stereocenters. The van der Waals surface area contributed by atoms with Crippen LogP contribution in [0.5, 0.6) is 0 Å². The van der Waals surface area contributed by atoms with Crippen molar-refractivity contribution in [3.8, 4) is 0 Å². The minimum atomic E-state index is -2.63. The van der Waals surface area contributed by atoms with Crippen LogP contribution >= 0.6 is 0 Å². The largest absolute Gasteiger partial charge is 0.376 e. The second kappa shape index (κ2) is 6.65. The van der Waals surface area contributed by atoms with Crippen molar-refractivity contribution in [3.63, 3.8) is 0 Å². The zero-order valence-electron chi connectivity index (χ0n) is 16.1. The molecule has 4 rings (SSSR count). The van der Waals surface area contributed by atoms with Gasteiger partial charge >= 0.3 is 0 Å². The molecule has 150 valence electrons. The fourth-order valence-electron chi connectivity index (χ4n) is 4.09. The summed E-state index contributed by atoms with van der Waals surface area (Å²) >= 11 is 0. The number of nitrogens with one attached hydrogen (secondary N) is 1. The van der Waals surface area contributed by atoms with Crippen molar-refractivity contribution < 1.29 is 18.7 Å². The van der Waals surface area contributed by atoms with Crippen molar-refractivity contribution in [1.82, 2.24) is 9.78 Å². The van der Waals surface area contributed by atoms with Crippen LogP contribution in [0, 0.1) is 0 Å². The molecule has 5 nitrogen and oxygen atoms in total. The molecule has 2 N–H and O–H groups in total. The van der Waals surface area contributed by atoms with Crippen molar-refractivity contribution in [2.45, 2.75) is 62.4 Å². The number of benzene rings is 1. The van der Waals surface area contributed by atoms with E-state index in [1.807, 2.05) is 6.07 Å². The molecule has 2 saturated carbocycles. The molecule has 0 spiro atoms. The Morgan fingerprint density at radius 3 is 2.43 bits per heavy atom. The first-order valence-corrected chi connectivity index (χ1v) is 9.73. The van der Waals surface area contributed by atoms with E-state index in [0.717, 1.165) is 24.8 Å². The maximum atomic E-state index is 13.4. The average molecular weight is 389 g/mol. The van der Waals surface area contributed by atoms with Crippen LogP contribution in [0.15, 0.2) is 30.3 Å². The second-order valence-electron chi connectivity index (χ2n) is 8.25. The molecule has 2 aliphatic carbocycles. The van der Waals surface area contributed by atoms with E-state index in [1.165, 1.54) is 6.92 Å². The zero-order chi connectivity index (χ0) is 20.1. The lowest BCUT2D eigenvalue weighted by Gasteiger charge is -2.36. The van der Waals surface area contributed by atoms with Crippen LogP contribution in [0.3, 0.4) is 0 Å². The monoisotopic (exact) mass is 389 g/mol. The van der Waals surface area contributed by atoms with Gasteiger partial charge < -0.3 is 10.4 Å². The molecule has 0 aliphatic heterocycles. The summed E-state index contributed by atoms with van der Waals surface area (Å²) in [5.41, 5.74) is 0.310. The normalized spacial score (nSPS) is 21.5. The Morgan fingerprint density at radius 2 is 1.89 bits per heavy atom. The van der Waals surface area contributed by atoms with Crippen molar-refractivity contribution in [2.75, 3.05) is 5.32 Å². The number of halogens is 2. The van der Waals surface area contributed by atoms with Gasteiger partial charge in [0.05, 0.1) is 5.69 Å². The number of nitrogens with zero attached hydrogens (tertiary/aromatic N) is 2. The van der Waals surface area contributed by atoms with Gasteiger partial charge in [0.1, 0.15) is 5.82 Å². The van der Waals surface area contributed by atoms with E-state index >= 15 is 0 Å². The van der Waals surface area contributed by atoms with E-state index < -0.39 is 17.4 Å². The van der Waals surface area contributed by atoms with Crippen LogP contribution in [0.2, 0.25) is 0 Å². The summed E-state index contributed by atoms with van der Waals surface area (Å²) < 4.78 is 28.4. The number of aromatic nitrogens is 2. The highest BCUT2D eigenvalue weighted by Gasteiger charge is 2.49. The molecule has 2 aromatic rings. The molecule has 1 amide bonds. The number of amides is 1. The maximum absolute atomic E-state index is 13.4. The number of alkyl halides is 2. The van der Waals surface area contributed by atoms with Gasteiger partial charge in [-0.3, -0.25) is 9.48 Å². The number of aliphatic hydroxyl groups is 1. The number of anilines is 1. The summed E-state index contributed by atoms with van der Waals surface area (Å²) in [6, 6.07) is 8.72. The summed E-state index contributed by atoms with van der Waals surface area (Å²) in [6.07, 6.45) is 2.60. The summed E-state index contributed by atoms with van der Waals surface area (Å²) in [5.74, 6) is -2.74. The third-order valence-electron chi connectivity index (χ3n) is 6.11. The van der Waals surface area contributed by atoms with Gasteiger partial charge in [-0.2, -0.15) is 5.10 Å². The highest BCUT2D eigenvalue weighted by atomic mass is 19.3. The number of carbonyl (C=O) groups is 1. The van der Waals surface area contributed by atoms with E-state index in [2.05, 4.69) is 10.4 Å². The molecular formula is C21H25F2N3O2. The van der Waals surface area contributed by atoms with Crippen molar-refractivity contribution in [3.05, 3.63) is 47.2 Å². The Morgan fingerprint density at radius 1 is 1.25 bits per heavy atom. The van der Waals surface area contributed by atoms with E-state index in [0.29, 0.717) is 17.1 Å². The van der Waals surface area contributed by atoms with Gasteiger partial charge in [-0.05, 0) is 31.2 Å². The Balaban J connectivity index is 1.64. The minimum Gasteiger partial charge on any atom is -0.376 e. The Labute approximate surface area is 162 Å². The fraction of sp³-hybridized carbons (Fsp3) is 0.524. The molecule has 0 radical (unpaired) electrons. The van der Waals surface area contributed by atoms with Crippen LogP contribution in [0.25, 0.3) is 0 Å². The van der Waals surface area contributed by atoms with Crippen LogP contribution in [0.1, 0.15) is 67.7 Å². The van der Waals surface area contributed by atoms with Gasteiger partial charge in [-0.15, -0.1) is 0 Å². The van der Waals surface area contributed by atoms with Gasteiger partial charge in [0, 0.05) is 31.4 Å². The third kappa shape index (κ3) is 3.21. The smallest absolute Gasteiger partial charge is 0.261 e. The van der Waals surface area contributed by atoms with E-state index in [4.69, 9.17) is 0 Å². The summed E-state index contributed by atoms with van der Waals surface area (Å²) in [5, 5.41) is 18.1. The number of hydrogen-bond donors (Lipinski definition) is 2.